The number of amides is 1. The van der Waals surface area contributed by atoms with Crippen LogP contribution in [0.4, 0.5) is 0 Å². The Bertz CT molecular complexity index is 1200. The molecule has 0 aliphatic heterocycles. The van der Waals surface area contributed by atoms with Crippen molar-refractivity contribution in [1.29, 1.82) is 0 Å². The number of halogens is 2. The van der Waals surface area contributed by atoms with E-state index in [0.29, 0.717) is 6.42 Å². The Hall–Kier alpha value is -2.45. The van der Waals surface area contributed by atoms with Crippen molar-refractivity contribution >= 4 is 61.5 Å². The molecular formula is C24H19BrIN3O. The molecule has 0 aliphatic rings. The van der Waals surface area contributed by atoms with Gasteiger partial charge in [-0.05, 0) is 64.0 Å². The van der Waals surface area contributed by atoms with Crippen LogP contribution in [0.25, 0.3) is 10.9 Å². The van der Waals surface area contributed by atoms with E-state index in [4.69, 9.17) is 0 Å². The summed E-state index contributed by atoms with van der Waals surface area (Å²) in [6.07, 6.45) is 4.08. The zero-order valence-corrected chi connectivity index (χ0v) is 19.8. The third-order valence-electron chi connectivity index (χ3n) is 4.76. The summed E-state index contributed by atoms with van der Waals surface area (Å²) in [6, 6.07) is 24.4. The van der Waals surface area contributed by atoms with Crippen molar-refractivity contribution in [1.82, 2.24) is 9.99 Å². The lowest BCUT2D eigenvalue weighted by molar-refractivity contribution is -0.120. The first-order chi connectivity index (χ1) is 14.6. The summed E-state index contributed by atoms with van der Waals surface area (Å²) in [7, 11) is 0. The fraction of sp³-hybridized carbons (Fsp3) is 0.0833. The van der Waals surface area contributed by atoms with Crippen LogP contribution in [-0.2, 0) is 17.8 Å². The second-order valence-corrected chi connectivity index (χ2v) is 9.11. The molecular weight excluding hydrogens is 553 g/mol. The van der Waals surface area contributed by atoms with Gasteiger partial charge in [0, 0.05) is 37.3 Å². The number of hydrogen-bond acceptors (Lipinski definition) is 2. The number of benzene rings is 3. The molecule has 0 radical (unpaired) electrons. The molecule has 0 fully saturated rings. The van der Waals surface area contributed by atoms with Crippen LogP contribution in [0.1, 0.15) is 16.7 Å². The highest BCUT2D eigenvalue weighted by Gasteiger charge is 2.08. The monoisotopic (exact) mass is 571 g/mol. The van der Waals surface area contributed by atoms with Crippen molar-refractivity contribution in [2.75, 3.05) is 0 Å². The maximum Gasteiger partial charge on any atom is 0.244 e. The molecule has 0 unspecified atom stereocenters. The lowest BCUT2D eigenvalue weighted by Crippen LogP contribution is -2.19. The van der Waals surface area contributed by atoms with Crippen LogP contribution in [0.3, 0.4) is 0 Å². The van der Waals surface area contributed by atoms with Crippen molar-refractivity contribution in [3.8, 4) is 0 Å². The van der Waals surface area contributed by atoms with E-state index in [-0.39, 0.29) is 5.91 Å². The van der Waals surface area contributed by atoms with E-state index in [9.17, 15) is 4.79 Å². The van der Waals surface area contributed by atoms with Crippen LogP contribution in [0.15, 0.2) is 88.6 Å². The maximum absolute atomic E-state index is 12.2. The van der Waals surface area contributed by atoms with Crippen molar-refractivity contribution in [2.24, 2.45) is 5.10 Å². The number of rotatable bonds is 6. The molecule has 3 aromatic carbocycles. The number of hydrazone groups is 1. The van der Waals surface area contributed by atoms with E-state index in [0.717, 1.165) is 33.0 Å². The predicted molar refractivity (Wildman–Crippen MR) is 134 cm³/mol. The van der Waals surface area contributed by atoms with Crippen LogP contribution >= 0.6 is 38.5 Å². The molecule has 4 rings (SSSR count). The minimum Gasteiger partial charge on any atom is -0.342 e. The molecule has 1 heterocycles. The van der Waals surface area contributed by atoms with Gasteiger partial charge in [-0.25, -0.2) is 5.43 Å². The van der Waals surface area contributed by atoms with Gasteiger partial charge in [0.15, 0.2) is 0 Å². The van der Waals surface area contributed by atoms with Gasteiger partial charge < -0.3 is 4.57 Å². The Labute approximate surface area is 197 Å². The summed E-state index contributed by atoms with van der Waals surface area (Å²) >= 11 is 5.71. The quantitative estimate of drug-likeness (QED) is 0.179. The van der Waals surface area contributed by atoms with Crippen LogP contribution in [-0.4, -0.2) is 16.7 Å². The average Bonchev–Trinajstić information content (AvgIpc) is 3.09. The molecule has 0 atom stereocenters. The number of nitrogens with one attached hydrogen (secondary N) is 1. The highest BCUT2D eigenvalue weighted by Crippen LogP contribution is 2.21. The fourth-order valence-corrected chi connectivity index (χ4v) is 3.92. The number of fused-ring (bicyclic) bond motifs is 1. The molecule has 1 aromatic heterocycles. The molecule has 30 heavy (non-hydrogen) atoms. The Morgan fingerprint density at radius 1 is 1.00 bits per heavy atom. The molecule has 0 bridgehead atoms. The first-order valence-electron chi connectivity index (χ1n) is 9.47. The van der Waals surface area contributed by atoms with Gasteiger partial charge in [-0.3, -0.25) is 4.79 Å². The maximum atomic E-state index is 12.2. The summed E-state index contributed by atoms with van der Waals surface area (Å²) in [6.45, 7) is 0.779. The van der Waals surface area contributed by atoms with E-state index >= 15 is 0 Å². The summed E-state index contributed by atoms with van der Waals surface area (Å²) in [5.41, 5.74) is 6.93. The predicted octanol–water partition coefficient (Wildman–Crippen LogP) is 5.75. The largest absolute Gasteiger partial charge is 0.342 e. The third-order valence-corrected chi connectivity index (χ3v) is 6.00. The average molecular weight is 572 g/mol. The van der Waals surface area contributed by atoms with E-state index < -0.39 is 0 Å². The molecule has 150 valence electrons. The summed E-state index contributed by atoms with van der Waals surface area (Å²) in [5.74, 6) is -0.142. The SMILES string of the molecule is O=C(Cc1ccc(Br)cc1)N/N=C\c1cn(Cc2ccc(I)cc2)c2ccccc12. The highest BCUT2D eigenvalue weighted by molar-refractivity contribution is 14.1. The second-order valence-electron chi connectivity index (χ2n) is 6.95. The topological polar surface area (TPSA) is 46.4 Å². The Morgan fingerprint density at radius 3 is 2.47 bits per heavy atom. The molecule has 0 spiro atoms. The van der Waals surface area contributed by atoms with Crippen molar-refractivity contribution in [3.05, 3.63) is 104 Å². The van der Waals surface area contributed by atoms with Crippen LogP contribution in [0.2, 0.25) is 0 Å². The molecule has 0 saturated heterocycles. The summed E-state index contributed by atoms with van der Waals surface area (Å²) < 4.78 is 4.43. The summed E-state index contributed by atoms with van der Waals surface area (Å²) in [4.78, 5) is 12.2. The number of carbonyl (C=O) groups excluding carboxylic acids is 1. The molecule has 0 aliphatic carbocycles. The van der Waals surface area contributed by atoms with Crippen molar-refractivity contribution in [3.63, 3.8) is 0 Å². The lowest BCUT2D eigenvalue weighted by Gasteiger charge is -2.05. The van der Waals surface area contributed by atoms with Gasteiger partial charge in [0.1, 0.15) is 0 Å². The highest BCUT2D eigenvalue weighted by atomic mass is 127. The Kier molecular flexibility index (Phi) is 6.64. The third kappa shape index (κ3) is 5.17. The Balaban J connectivity index is 1.49. The van der Waals surface area contributed by atoms with Gasteiger partial charge in [0.25, 0.3) is 0 Å². The second kappa shape index (κ2) is 9.57. The van der Waals surface area contributed by atoms with Crippen LogP contribution < -0.4 is 5.43 Å². The fourth-order valence-electron chi connectivity index (χ4n) is 3.30. The summed E-state index contributed by atoms with van der Waals surface area (Å²) in [5, 5.41) is 5.29. The number of carbonyl (C=O) groups is 1. The Morgan fingerprint density at radius 2 is 1.70 bits per heavy atom. The van der Waals surface area contributed by atoms with E-state index in [1.807, 2.05) is 36.4 Å². The first-order valence-corrected chi connectivity index (χ1v) is 11.3. The smallest absolute Gasteiger partial charge is 0.244 e. The van der Waals surface area contributed by atoms with E-state index in [2.05, 4.69) is 96.2 Å². The van der Waals surface area contributed by atoms with E-state index in [1.165, 1.54) is 9.13 Å². The van der Waals surface area contributed by atoms with Crippen molar-refractivity contribution in [2.45, 2.75) is 13.0 Å². The van der Waals surface area contributed by atoms with Gasteiger partial charge in [-0.15, -0.1) is 0 Å². The van der Waals surface area contributed by atoms with E-state index in [1.54, 1.807) is 6.21 Å². The minimum atomic E-state index is -0.142. The zero-order valence-electron chi connectivity index (χ0n) is 16.1. The van der Waals surface area contributed by atoms with Gasteiger partial charge in [0.05, 0.1) is 12.6 Å². The number of nitrogens with zero attached hydrogens (tertiary/aromatic N) is 2. The molecule has 0 saturated carbocycles. The number of aromatic nitrogens is 1. The first kappa shape index (κ1) is 20.8. The van der Waals surface area contributed by atoms with Gasteiger partial charge in [-0.1, -0.05) is 58.4 Å². The van der Waals surface area contributed by atoms with Crippen LogP contribution in [0, 0.1) is 3.57 Å². The molecule has 4 aromatic rings. The van der Waals surface area contributed by atoms with Gasteiger partial charge in [0.2, 0.25) is 5.91 Å². The number of para-hydroxylation sites is 1. The molecule has 1 amide bonds. The lowest BCUT2D eigenvalue weighted by atomic mass is 10.1. The van der Waals surface area contributed by atoms with Crippen molar-refractivity contribution < 1.29 is 4.79 Å². The standard InChI is InChI=1S/C24H19BrIN3O/c25-20-9-5-17(6-10-20)13-24(30)28-27-14-19-16-29(23-4-2-1-3-22(19)23)15-18-7-11-21(26)12-8-18/h1-12,14,16H,13,15H2,(H,28,30)/b27-14-. The molecule has 1 N–H and O–H groups in total. The van der Waals surface area contributed by atoms with Crippen LogP contribution in [0.5, 0.6) is 0 Å². The molecule has 4 nitrogen and oxygen atoms in total. The minimum absolute atomic E-state index is 0.142. The van der Waals surface area contributed by atoms with Gasteiger partial charge in [-0.2, -0.15) is 5.10 Å². The van der Waals surface area contributed by atoms with Gasteiger partial charge >= 0.3 is 0 Å². The number of hydrogen-bond donors (Lipinski definition) is 1. The molecule has 6 heteroatoms. The normalized spacial score (nSPS) is 11.3. The zero-order chi connectivity index (χ0) is 20.9.